The van der Waals surface area contributed by atoms with E-state index in [4.69, 9.17) is 5.26 Å². The Kier molecular flexibility index (Phi) is 5.19. The second-order valence-electron chi connectivity index (χ2n) is 4.76. The molecule has 0 spiro atoms. The zero-order chi connectivity index (χ0) is 13.6. The van der Waals surface area contributed by atoms with Gasteiger partial charge in [-0.2, -0.15) is 5.26 Å². The largest absolute Gasteiger partial charge is 0.547 e. The molecule has 0 saturated carbocycles. The molecule has 0 aliphatic heterocycles. The molecule has 17 heavy (non-hydrogen) atoms. The maximum Gasteiger partial charge on any atom is 0.105 e. The maximum atomic E-state index is 10.4. The lowest BCUT2D eigenvalue weighted by atomic mass is 9.89. The lowest BCUT2D eigenvalue weighted by molar-refractivity contribution is -0.326. The molecule has 0 radical (unpaired) electrons. The average molecular weight is 238 g/mol. The number of nitrogens with one attached hydrogen (secondary N) is 1. The van der Waals surface area contributed by atoms with Gasteiger partial charge in [0.25, 0.3) is 0 Å². The van der Waals surface area contributed by atoms with E-state index in [0.29, 0.717) is 6.42 Å². The van der Waals surface area contributed by atoms with E-state index in [-0.39, 0.29) is 11.0 Å². The highest BCUT2D eigenvalue weighted by Crippen LogP contribution is 2.23. The van der Waals surface area contributed by atoms with Crippen LogP contribution in [0.2, 0.25) is 0 Å². The first-order valence-electron chi connectivity index (χ1n) is 4.94. The molecular formula is C11H14N2O4-2. The molecule has 6 heteroatoms. The van der Waals surface area contributed by atoms with Crippen molar-refractivity contribution in [3.63, 3.8) is 0 Å². The van der Waals surface area contributed by atoms with Crippen LogP contribution in [0.1, 0.15) is 27.2 Å². The van der Waals surface area contributed by atoms with E-state index in [9.17, 15) is 19.8 Å². The van der Waals surface area contributed by atoms with Crippen molar-refractivity contribution in [1.82, 2.24) is 5.32 Å². The molecule has 0 bridgehead atoms. The third-order valence-corrected chi connectivity index (χ3v) is 1.76. The fourth-order valence-corrected chi connectivity index (χ4v) is 1.11. The van der Waals surface area contributed by atoms with Gasteiger partial charge in [0.15, 0.2) is 0 Å². The number of carbonyl (C=O) groups is 2. The van der Waals surface area contributed by atoms with Crippen LogP contribution in [0.25, 0.3) is 0 Å². The van der Waals surface area contributed by atoms with Gasteiger partial charge in [0.2, 0.25) is 0 Å². The Morgan fingerprint density at radius 3 is 2.12 bits per heavy atom. The summed E-state index contributed by atoms with van der Waals surface area (Å²) in [6.07, 6.45) is 1.46. The van der Waals surface area contributed by atoms with E-state index in [1.807, 2.05) is 26.8 Å². The number of allylic oxidation sites excluding steroid dienone is 1. The summed E-state index contributed by atoms with van der Waals surface area (Å²) in [5.41, 5.74) is 0.0896. The molecule has 0 aromatic carbocycles. The normalized spacial score (nSPS) is 12.1. The van der Waals surface area contributed by atoms with Crippen molar-refractivity contribution >= 4 is 11.9 Å². The Balaban J connectivity index is 4.72. The molecule has 0 atom stereocenters. The van der Waals surface area contributed by atoms with Gasteiger partial charge in [-0.1, -0.05) is 20.8 Å². The van der Waals surface area contributed by atoms with Crippen LogP contribution in [0.4, 0.5) is 0 Å². The molecule has 0 aromatic rings. The van der Waals surface area contributed by atoms with Gasteiger partial charge in [0.1, 0.15) is 6.04 Å². The maximum absolute atomic E-state index is 10.4. The number of nitrogens with zero attached hydrogens (tertiary/aromatic N) is 1. The average Bonchev–Trinajstić information content (AvgIpc) is 2.13. The van der Waals surface area contributed by atoms with Crippen molar-refractivity contribution in [1.29, 1.82) is 5.26 Å². The highest BCUT2D eigenvalue weighted by Gasteiger charge is 2.14. The van der Waals surface area contributed by atoms with E-state index in [1.54, 1.807) is 0 Å². The Morgan fingerprint density at radius 1 is 1.35 bits per heavy atom. The first kappa shape index (κ1) is 15.0. The number of nitriles is 1. The van der Waals surface area contributed by atoms with Crippen molar-refractivity contribution in [3.8, 4) is 6.07 Å². The summed E-state index contributed by atoms with van der Waals surface area (Å²) in [5, 5.41) is 31.7. The summed E-state index contributed by atoms with van der Waals surface area (Å²) in [7, 11) is 0. The van der Waals surface area contributed by atoms with Crippen LogP contribution in [-0.2, 0) is 9.59 Å². The van der Waals surface area contributed by atoms with E-state index in [0.717, 1.165) is 6.20 Å². The van der Waals surface area contributed by atoms with E-state index < -0.39 is 18.0 Å². The number of carboxylic acids is 2. The van der Waals surface area contributed by atoms with Crippen molar-refractivity contribution < 1.29 is 19.8 Å². The summed E-state index contributed by atoms with van der Waals surface area (Å²) in [5.74, 6) is -3.62. The van der Waals surface area contributed by atoms with E-state index in [1.165, 1.54) is 0 Å². The Hall–Kier alpha value is -2.03. The van der Waals surface area contributed by atoms with Gasteiger partial charge in [-0.25, -0.2) is 0 Å². The standard InChI is InChI=1S/C11H16N2O4/c1-11(2,3)4-7(5-12)6-13-8(9(14)15)10(16)17/h6,8,13H,4H2,1-3H3,(H,14,15)(H,16,17)/p-2/b7-6-. The highest BCUT2D eigenvalue weighted by molar-refractivity contribution is 5.95. The number of carboxylic acid groups (broad SMARTS) is 2. The van der Waals surface area contributed by atoms with Crippen LogP contribution in [0.15, 0.2) is 11.8 Å². The minimum absolute atomic E-state index is 0.165. The Morgan fingerprint density at radius 2 is 1.82 bits per heavy atom. The van der Waals surface area contributed by atoms with Crippen LogP contribution in [0, 0.1) is 16.7 Å². The number of rotatable bonds is 5. The van der Waals surface area contributed by atoms with Gasteiger partial charge in [-0.15, -0.1) is 0 Å². The summed E-state index contributed by atoms with van der Waals surface area (Å²) in [4.78, 5) is 20.8. The molecule has 6 nitrogen and oxygen atoms in total. The first-order chi connectivity index (χ1) is 7.67. The SMILES string of the molecule is CC(C)(C)C/C(C#N)=C/NC(C(=O)[O-])C(=O)[O-]. The minimum atomic E-state index is -1.96. The summed E-state index contributed by atoms with van der Waals surface area (Å²) < 4.78 is 0. The Labute approximate surface area is 99.6 Å². The second kappa shape index (κ2) is 5.89. The molecular weight excluding hydrogens is 224 g/mol. The number of hydrogen-bond acceptors (Lipinski definition) is 6. The fraction of sp³-hybridized carbons (Fsp3) is 0.545. The van der Waals surface area contributed by atoms with Gasteiger partial charge in [-0.05, 0) is 11.8 Å². The lowest BCUT2D eigenvalue weighted by Gasteiger charge is -2.21. The number of aliphatic carboxylic acids is 2. The third-order valence-electron chi connectivity index (χ3n) is 1.76. The number of hydrogen-bond donors (Lipinski definition) is 1. The van der Waals surface area contributed by atoms with Crippen LogP contribution < -0.4 is 15.5 Å². The molecule has 0 saturated heterocycles. The molecule has 0 unspecified atom stereocenters. The highest BCUT2D eigenvalue weighted by atomic mass is 16.4. The zero-order valence-electron chi connectivity index (χ0n) is 9.94. The van der Waals surface area contributed by atoms with Crippen molar-refractivity contribution in [2.75, 3.05) is 0 Å². The predicted octanol–water partition coefficient (Wildman–Crippen LogP) is -1.71. The van der Waals surface area contributed by atoms with E-state index in [2.05, 4.69) is 5.32 Å². The van der Waals surface area contributed by atoms with Crippen molar-refractivity contribution in [2.24, 2.45) is 5.41 Å². The topological polar surface area (TPSA) is 116 Å². The zero-order valence-corrected chi connectivity index (χ0v) is 9.94. The lowest BCUT2D eigenvalue weighted by Crippen LogP contribution is -2.54. The third kappa shape index (κ3) is 6.20. The summed E-state index contributed by atoms with van der Waals surface area (Å²) >= 11 is 0. The molecule has 0 fully saturated rings. The van der Waals surface area contributed by atoms with Crippen LogP contribution >= 0.6 is 0 Å². The Bertz CT molecular complexity index is 360. The van der Waals surface area contributed by atoms with Crippen LogP contribution in [0.3, 0.4) is 0 Å². The molecule has 0 aromatic heterocycles. The van der Waals surface area contributed by atoms with Gasteiger partial charge in [0, 0.05) is 11.8 Å². The molecule has 1 N–H and O–H groups in total. The predicted molar refractivity (Wildman–Crippen MR) is 54.7 cm³/mol. The molecule has 94 valence electrons. The molecule has 0 aliphatic carbocycles. The van der Waals surface area contributed by atoms with Gasteiger partial charge in [0.05, 0.1) is 18.0 Å². The summed E-state index contributed by atoms with van der Waals surface area (Å²) in [6, 6.07) is -0.0961. The van der Waals surface area contributed by atoms with Crippen molar-refractivity contribution in [3.05, 3.63) is 11.8 Å². The van der Waals surface area contributed by atoms with E-state index >= 15 is 0 Å². The molecule has 0 amide bonds. The number of carbonyl (C=O) groups excluding carboxylic acids is 2. The molecule has 0 heterocycles. The quantitative estimate of drug-likeness (QED) is 0.450. The molecule has 0 rings (SSSR count). The molecule has 0 aliphatic rings. The van der Waals surface area contributed by atoms with Gasteiger partial charge < -0.3 is 25.1 Å². The smallest absolute Gasteiger partial charge is 0.105 e. The summed E-state index contributed by atoms with van der Waals surface area (Å²) in [6.45, 7) is 5.69. The minimum Gasteiger partial charge on any atom is -0.547 e. The van der Waals surface area contributed by atoms with Crippen LogP contribution in [-0.4, -0.2) is 18.0 Å². The van der Waals surface area contributed by atoms with Crippen molar-refractivity contribution in [2.45, 2.75) is 33.2 Å². The monoisotopic (exact) mass is 238 g/mol. The second-order valence-corrected chi connectivity index (χ2v) is 4.76. The fourth-order valence-electron chi connectivity index (χ4n) is 1.11. The van der Waals surface area contributed by atoms with Crippen LogP contribution in [0.5, 0.6) is 0 Å². The first-order valence-corrected chi connectivity index (χ1v) is 4.94. The van der Waals surface area contributed by atoms with Gasteiger partial charge >= 0.3 is 0 Å². The van der Waals surface area contributed by atoms with Gasteiger partial charge in [-0.3, -0.25) is 0 Å².